The third-order valence-corrected chi connectivity index (χ3v) is 3.56. The van der Waals surface area contributed by atoms with E-state index in [0.717, 1.165) is 11.8 Å². The van der Waals surface area contributed by atoms with E-state index in [1.807, 2.05) is 6.92 Å². The lowest BCUT2D eigenvalue weighted by atomic mass is 10.2. The second kappa shape index (κ2) is 5.29. The van der Waals surface area contributed by atoms with Crippen LogP contribution in [0.1, 0.15) is 15.9 Å². The molecule has 0 bridgehead atoms. The number of carbonyl (C=O) groups excluding carboxylic acids is 1. The average molecular weight is 265 g/mol. The number of nitrogens with zero attached hydrogens (tertiary/aromatic N) is 2. The van der Waals surface area contributed by atoms with Gasteiger partial charge in [-0.25, -0.2) is 9.97 Å². The summed E-state index contributed by atoms with van der Waals surface area (Å²) in [4.78, 5) is 19.9. The lowest BCUT2D eigenvalue weighted by Gasteiger charge is -2.05. The van der Waals surface area contributed by atoms with Crippen molar-refractivity contribution in [3.05, 3.63) is 46.7 Å². The highest BCUT2D eigenvalue weighted by Gasteiger charge is 2.09. The molecule has 0 unspecified atom stereocenters. The minimum Gasteiger partial charge on any atom is -0.298 e. The first-order valence-electron chi connectivity index (χ1n) is 4.91. The fraction of sp³-hybridized carbons (Fsp3) is 0.0833. The number of benzene rings is 1. The highest BCUT2D eigenvalue weighted by Crippen LogP contribution is 2.33. The maximum atomic E-state index is 10.9. The highest BCUT2D eigenvalue weighted by atomic mass is 35.5. The summed E-state index contributed by atoms with van der Waals surface area (Å²) in [5.74, 6) is 0. The van der Waals surface area contributed by atoms with Crippen molar-refractivity contribution in [2.75, 3.05) is 0 Å². The summed E-state index contributed by atoms with van der Waals surface area (Å²) in [6.45, 7) is 1.92. The molecule has 0 aliphatic carbocycles. The van der Waals surface area contributed by atoms with Crippen LogP contribution in [0.15, 0.2) is 40.6 Å². The number of aromatic nitrogens is 2. The normalized spacial score (nSPS) is 10.2. The monoisotopic (exact) mass is 264 g/mol. The number of halogens is 1. The van der Waals surface area contributed by atoms with Gasteiger partial charge >= 0.3 is 0 Å². The Balaban J connectivity index is 2.35. The van der Waals surface area contributed by atoms with Gasteiger partial charge in [0.1, 0.15) is 0 Å². The van der Waals surface area contributed by atoms with Crippen LogP contribution in [0, 0.1) is 6.92 Å². The van der Waals surface area contributed by atoms with Crippen molar-refractivity contribution in [2.45, 2.75) is 17.0 Å². The molecule has 2 aromatic rings. The second-order valence-electron chi connectivity index (χ2n) is 3.42. The van der Waals surface area contributed by atoms with E-state index < -0.39 is 0 Å². The third-order valence-electron chi connectivity index (χ3n) is 2.08. The Morgan fingerprint density at radius 1 is 1.29 bits per heavy atom. The van der Waals surface area contributed by atoms with Gasteiger partial charge in [0.15, 0.2) is 11.4 Å². The van der Waals surface area contributed by atoms with Crippen LogP contribution in [0.25, 0.3) is 0 Å². The summed E-state index contributed by atoms with van der Waals surface area (Å²) >= 11 is 7.34. The summed E-state index contributed by atoms with van der Waals surface area (Å²) in [5, 5.41) is 1.11. The predicted octanol–water partition coefficient (Wildman–Crippen LogP) is 3.40. The Morgan fingerprint density at radius 2 is 2.00 bits per heavy atom. The molecule has 0 amide bonds. The number of aryl methyl sites for hydroxylation is 1. The van der Waals surface area contributed by atoms with E-state index in [1.165, 1.54) is 11.8 Å². The Hall–Kier alpha value is -1.39. The Labute approximate surface area is 108 Å². The number of aldehydes is 1. The quantitative estimate of drug-likeness (QED) is 0.629. The van der Waals surface area contributed by atoms with Crippen molar-refractivity contribution >= 4 is 29.6 Å². The Kier molecular flexibility index (Phi) is 3.76. The zero-order chi connectivity index (χ0) is 12.3. The zero-order valence-corrected chi connectivity index (χ0v) is 10.6. The van der Waals surface area contributed by atoms with Crippen molar-refractivity contribution < 1.29 is 4.79 Å². The van der Waals surface area contributed by atoms with Gasteiger partial charge in [0, 0.05) is 22.9 Å². The van der Waals surface area contributed by atoms with E-state index in [2.05, 4.69) is 9.97 Å². The maximum absolute atomic E-state index is 10.9. The van der Waals surface area contributed by atoms with Crippen LogP contribution in [0.3, 0.4) is 0 Å². The molecular formula is C12H9ClN2OS. The van der Waals surface area contributed by atoms with E-state index >= 15 is 0 Å². The summed E-state index contributed by atoms with van der Waals surface area (Å²) < 4.78 is 0. The molecule has 0 atom stereocenters. The van der Waals surface area contributed by atoms with Gasteiger partial charge < -0.3 is 0 Å². The molecule has 0 saturated heterocycles. The molecule has 0 spiro atoms. The zero-order valence-electron chi connectivity index (χ0n) is 9.05. The molecule has 17 heavy (non-hydrogen) atoms. The summed E-state index contributed by atoms with van der Waals surface area (Å²) in [7, 11) is 0. The SMILES string of the molecule is Cc1cnc(Sc2c(Cl)cccc2C=O)nc1. The maximum Gasteiger partial charge on any atom is 0.192 e. The molecular weight excluding hydrogens is 256 g/mol. The minimum atomic E-state index is 0.531. The van der Waals surface area contributed by atoms with Crippen molar-refractivity contribution in [3.8, 4) is 0 Å². The molecule has 3 nitrogen and oxygen atoms in total. The van der Waals surface area contributed by atoms with Crippen LogP contribution >= 0.6 is 23.4 Å². The largest absolute Gasteiger partial charge is 0.298 e. The van der Waals surface area contributed by atoms with Gasteiger partial charge in [-0.1, -0.05) is 23.7 Å². The molecule has 86 valence electrons. The average Bonchev–Trinajstić information content (AvgIpc) is 2.34. The van der Waals surface area contributed by atoms with E-state index in [0.29, 0.717) is 20.6 Å². The standard InChI is InChI=1S/C12H9ClN2OS/c1-8-5-14-12(15-6-8)17-11-9(7-16)3-2-4-10(11)13/h2-7H,1H3. The van der Waals surface area contributed by atoms with Crippen LogP contribution in [-0.2, 0) is 0 Å². The highest BCUT2D eigenvalue weighted by molar-refractivity contribution is 7.99. The van der Waals surface area contributed by atoms with Crippen molar-refractivity contribution in [2.24, 2.45) is 0 Å². The lowest BCUT2D eigenvalue weighted by molar-refractivity contribution is 0.112. The van der Waals surface area contributed by atoms with Crippen molar-refractivity contribution in [1.82, 2.24) is 9.97 Å². The van der Waals surface area contributed by atoms with Gasteiger partial charge in [-0.05, 0) is 30.3 Å². The van der Waals surface area contributed by atoms with Crippen LogP contribution in [-0.4, -0.2) is 16.3 Å². The molecule has 2 rings (SSSR count). The molecule has 1 aromatic heterocycles. The van der Waals surface area contributed by atoms with Crippen molar-refractivity contribution in [3.63, 3.8) is 0 Å². The molecule has 0 aliphatic heterocycles. The smallest absolute Gasteiger partial charge is 0.192 e. The summed E-state index contributed by atoms with van der Waals surface area (Å²) in [6.07, 6.45) is 4.24. The van der Waals surface area contributed by atoms with E-state index in [1.54, 1.807) is 30.6 Å². The van der Waals surface area contributed by atoms with Crippen LogP contribution < -0.4 is 0 Å². The third kappa shape index (κ3) is 2.84. The molecule has 0 aliphatic rings. The molecule has 1 aromatic carbocycles. The fourth-order valence-electron chi connectivity index (χ4n) is 1.25. The first-order chi connectivity index (χ1) is 8.20. The fourth-order valence-corrected chi connectivity index (χ4v) is 2.34. The topological polar surface area (TPSA) is 42.9 Å². The van der Waals surface area contributed by atoms with Gasteiger partial charge in [-0.2, -0.15) is 0 Å². The first-order valence-corrected chi connectivity index (χ1v) is 6.10. The lowest BCUT2D eigenvalue weighted by Crippen LogP contribution is -1.90. The van der Waals surface area contributed by atoms with Crippen LogP contribution in [0.2, 0.25) is 5.02 Å². The number of hydrogen-bond donors (Lipinski definition) is 0. The van der Waals surface area contributed by atoms with Crippen LogP contribution in [0.4, 0.5) is 0 Å². The molecule has 0 saturated carbocycles. The van der Waals surface area contributed by atoms with Gasteiger partial charge in [-0.3, -0.25) is 4.79 Å². The molecule has 0 N–H and O–H groups in total. The van der Waals surface area contributed by atoms with Gasteiger partial charge in [0.25, 0.3) is 0 Å². The number of hydrogen-bond acceptors (Lipinski definition) is 4. The van der Waals surface area contributed by atoms with Gasteiger partial charge in [0.2, 0.25) is 0 Å². The van der Waals surface area contributed by atoms with E-state index in [9.17, 15) is 4.79 Å². The second-order valence-corrected chi connectivity index (χ2v) is 4.81. The Morgan fingerprint density at radius 3 is 2.65 bits per heavy atom. The van der Waals surface area contributed by atoms with E-state index in [-0.39, 0.29) is 0 Å². The number of rotatable bonds is 3. The van der Waals surface area contributed by atoms with E-state index in [4.69, 9.17) is 11.6 Å². The molecule has 1 heterocycles. The molecule has 5 heteroatoms. The van der Waals surface area contributed by atoms with Gasteiger partial charge in [0.05, 0.1) is 5.02 Å². The molecule has 0 fully saturated rings. The summed E-state index contributed by atoms with van der Waals surface area (Å²) in [5.41, 5.74) is 1.54. The summed E-state index contributed by atoms with van der Waals surface area (Å²) in [6, 6.07) is 5.20. The van der Waals surface area contributed by atoms with Crippen LogP contribution in [0.5, 0.6) is 0 Å². The van der Waals surface area contributed by atoms with Crippen molar-refractivity contribution in [1.29, 1.82) is 0 Å². The molecule has 0 radical (unpaired) electrons. The Bertz CT molecular complexity index is 543. The van der Waals surface area contributed by atoms with Gasteiger partial charge in [-0.15, -0.1) is 0 Å². The first kappa shape index (κ1) is 12.1. The minimum absolute atomic E-state index is 0.531. The predicted molar refractivity (Wildman–Crippen MR) is 67.7 cm³/mol. The number of carbonyl (C=O) groups is 1.